The Morgan fingerprint density at radius 2 is 1.63 bits per heavy atom. The minimum absolute atomic E-state index is 0. The van der Waals surface area contributed by atoms with Gasteiger partial charge in [0.25, 0.3) is 0 Å². The summed E-state index contributed by atoms with van der Waals surface area (Å²) in [6.07, 6.45) is 1.98. The molecule has 0 spiro atoms. The van der Waals surface area contributed by atoms with Crippen molar-refractivity contribution in [2.24, 2.45) is 0 Å². The third kappa shape index (κ3) is 5.07. The van der Waals surface area contributed by atoms with Gasteiger partial charge in [0, 0.05) is 13.0 Å². The van der Waals surface area contributed by atoms with Crippen LogP contribution in [-0.2, 0) is 0 Å². The van der Waals surface area contributed by atoms with Crippen molar-refractivity contribution in [3.8, 4) is 5.75 Å². The standard InChI is InChI=1S/C19H26N2O4S.ClH/c22-15-7-14-20-13-6-12-19-25-18-11-5-4-10-17(18)21(26(19,23)24)16-8-2-1-3-9-16;/h1-5,8-11,19-20,22-24H,6-7,12-15H2;1H. The lowest BCUT2D eigenvalue weighted by Gasteiger charge is -2.51. The van der Waals surface area contributed by atoms with Crippen molar-refractivity contribution >= 4 is 34.6 Å². The van der Waals surface area contributed by atoms with Crippen LogP contribution in [0.4, 0.5) is 11.4 Å². The average Bonchev–Trinajstić information content (AvgIpc) is 2.65. The maximum Gasteiger partial charge on any atom is 0.206 e. The molecule has 0 aliphatic carbocycles. The molecule has 0 amide bonds. The predicted molar refractivity (Wildman–Crippen MR) is 113 cm³/mol. The SMILES string of the molecule is Cl.OCCCNCCCC1Oc2ccccc2N(c2ccccc2)S1(O)O. The lowest BCUT2D eigenvalue weighted by atomic mass is 10.2. The normalized spacial score (nSPS) is 18.8. The Morgan fingerprint density at radius 3 is 2.37 bits per heavy atom. The summed E-state index contributed by atoms with van der Waals surface area (Å²) in [5.74, 6) is 0.654. The van der Waals surface area contributed by atoms with E-state index in [4.69, 9.17) is 9.84 Å². The molecule has 27 heavy (non-hydrogen) atoms. The van der Waals surface area contributed by atoms with Crippen molar-refractivity contribution in [1.29, 1.82) is 0 Å². The van der Waals surface area contributed by atoms with E-state index in [2.05, 4.69) is 5.32 Å². The number of para-hydroxylation sites is 3. The molecule has 1 atom stereocenters. The first-order valence-corrected chi connectivity index (χ1v) is 10.4. The number of anilines is 2. The largest absolute Gasteiger partial charge is 0.467 e. The number of rotatable bonds is 8. The number of aliphatic hydroxyl groups is 1. The van der Waals surface area contributed by atoms with Crippen LogP contribution in [0.25, 0.3) is 0 Å². The van der Waals surface area contributed by atoms with Crippen LogP contribution >= 0.6 is 23.2 Å². The smallest absolute Gasteiger partial charge is 0.206 e. The van der Waals surface area contributed by atoms with Gasteiger partial charge in [-0.2, -0.15) is 0 Å². The summed E-state index contributed by atoms with van der Waals surface area (Å²) in [4.78, 5) is 0. The number of nitrogens with zero attached hydrogens (tertiary/aromatic N) is 1. The highest BCUT2D eigenvalue weighted by Gasteiger charge is 2.40. The summed E-state index contributed by atoms with van der Waals surface area (Å²) in [5.41, 5.74) is 0.697. The lowest BCUT2D eigenvalue weighted by Crippen LogP contribution is -2.39. The van der Waals surface area contributed by atoms with E-state index in [-0.39, 0.29) is 19.0 Å². The second-order valence-electron chi connectivity index (χ2n) is 6.18. The molecular formula is C19H27ClN2O4S. The Morgan fingerprint density at radius 1 is 0.963 bits per heavy atom. The number of hydrogen-bond acceptors (Lipinski definition) is 6. The Hall–Kier alpha value is -1.48. The van der Waals surface area contributed by atoms with Gasteiger partial charge in [0.05, 0.1) is 5.69 Å². The number of nitrogens with one attached hydrogen (secondary N) is 1. The van der Waals surface area contributed by atoms with Gasteiger partial charge in [-0.15, -0.1) is 12.4 Å². The fourth-order valence-corrected chi connectivity index (χ4v) is 4.81. The van der Waals surface area contributed by atoms with E-state index in [0.29, 0.717) is 24.3 Å². The molecule has 150 valence electrons. The zero-order valence-electron chi connectivity index (χ0n) is 15.0. The molecule has 4 N–H and O–H groups in total. The van der Waals surface area contributed by atoms with Gasteiger partial charge in [0.2, 0.25) is 5.44 Å². The lowest BCUT2D eigenvalue weighted by molar-refractivity contribution is 0.235. The van der Waals surface area contributed by atoms with Crippen molar-refractivity contribution < 1.29 is 18.9 Å². The molecule has 3 rings (SSSR count). The first kappa shape index (κ1) is 21.8. The van der Waals surface area contributed by atoms with Crippen LogP contribution in [0, 0.1) is 0 Å². The van der Waals surface area contributed by atoms with Gasteiger partial charge in [0.15, 0.2) is 0 Å². The number of hydrogen-bond donors (Lipinski definition) is 4. The van der Waals surface area contributed by atoms with E-state index in [0.717, 1.165) is 25.2 Å². The highest BCUT2D eigenvalue weighted by Crippen LogP contribution is 2.61. The zero-order chi connectivity index (χ0) is 18.4. The molecular weight excluding hydrogens is 388 g/mol. The van der Waals surface area contributed by atoms with Gasteiger partial charge in [-0.3, -0.25) is 9.11 Å². The van der Waals surface area contributed by atoms with Gasteiger partial charge in [-0.1, -0.05) is 41.1 Å². The van der Waals surface area contributed by atoms with Crippen LogP contribution < -0.4 is 14.4 Å². The van der Waals surface area contributed by atoms with Crippen LogP contribution in [0.15, 0.2) is 54.6 Å². The van der Waals surface area contributed by atoms with Gasteiger partial charge in [0.1, 0.15) is 11.4 Å². The van der Waals surface area contributed by atoms with E-state index in [1.807, 2.05) is 54.6 Å². The van der Waals surface area contributed by atoms with Crippen molar-refractivity contribution in [2.45, 2.75) is 24.7 Å². The van der Waals surface area contributed by atoms with Gasteiger partial charge < -0.3 is 15.2 Å². The molecule has 1 aliphatic heterocycles. The second kappa shape index (κ2) is 10.2. The number of benzene rings is 2. The highest BCUT2D eigenvalue weighted by molar-refractivity contribution is 8.26. The maximum atomic E-state index is 11.0. The average molecular weight is 415 g/mol. The number of fused-ring (bicyclic) bond motifs is 1. The summed E-state index contributed by atoms with van der Waals surface area (Å²) in [6, 6.07) is 16.8. The summed E-state index contributed by atoms with van der Waals surface area (Å²) < 4.78 is 29.6. The molecule has 2 aromatic rings. The highest BCUT2D eigenvalue weighted by atomic mass is 35.5. The van der Waals surface area contributed by atoms with Crippen molar-refractivity contribution in [3.05, 3.63) is 54.6 Å². The van der Waals surface area contributed by atoms with Crippen molar-refractivity contribution in [3.63, 3.8) is 0 Å². The number of aliphatic hydroxyl groups excluding tert-OH is 1. The third-order valence-corrected chi connectivity index (χ3v) is 6.24. The minimum Gasteiger partial charge on any atom is -0.467 e. The molecule has 0 aromatic heterocycles. The summed E-state index contributed by atoms with van der Waals surface area (Å²) in [6.45, 7) is 1.65. The molecule has 2 aromatic carbocycles. The monoisotopic (exact) mass is 414 g/mol. The van der Waals surface area contributed by atoms with Crippen LogP contribution in [-0.4, -0.2) is 39.3 Å². The van der Waals surface area contributed by atoms with Crippen LogP contribution in [0.2, 0.25) is 0 Å². The molecule has 1 heterocycles. The number of ether oxygens (including phenoxy) is 1. The van der Waals surface area contributed by atoms with E-state index in [1.54, 1.807) is 4.31 Å². The van der Waals surface area contributed by atoms with Crippen LogP contribution in [0.3, 0.4) is 0 Å². The fraction of sp³-hybridized carbons (Fsp3) is 0.368. The zero-order valence-corrected chi connectivity index (χ0v) is 16.7. The molecule has 0 bridgehead atoms. The summed E-state index contributed by atoms with van der Waals surface area (Å²) in [5, 5.41) is 12.0. The Kier molecular flexibility index (Phi) is 8.22. The van der Waals surface area contributed by atoms with Crippen LogP contribution in [0.1, 0.15) is 19.3 Å². The van der Waals surface area contributed by atoms with Crippen molar-refractivity contribution in [2.75, 3.05) is 24.0 Å². The molecule has 0 radical (unpaired) electrons. The maximum absolute atomic E-state index is 11.0. The van der Waals surface area contributed by atoms with Gasteiger partial charge in [-0.05, 0) is 50.2 Å². The summed E-state index contributed by atoms with van der Waals surface area (Å²) in [7, 11) is -3.18. The third-order valence-electron chi connectivity index (χ3n) is 4.26. The van der Waals surface area contributed by atoms with E-state index in [1.165, 1.54) is 0 Å². The van der Waals surface area contributed by atoms with Gasteiger partial charge >= 0.3 is 0 Å². The van der Waals surface area contributed by atoms with E-state index < -0.39 is 16.2 Å². The fourth-order valence-electron chi connectivity index (χ4n) is 2.99. The van der Waals surface area contributed by atoms with Gasteiger partial charge in [-0.25, -0.2) is 4.31 Å². The predicted octanol–water partition coefficient (Wildman–Crippen LogP) is 4.38. The Labute approximate surface area is 168 Å². The molecule has 0 fully saturated rings. The molecule has 1 aliphatic rings. The Balaban J connectivity index is 0.00000261. The van der Waals surface area contributed by atoms with Crippen molar-refractivity contribution in [1.82, 2.24) is 5.32 Å². The molecule has 0 saturated carbocycles. The van der Waals surface area contributed by atoms with E-state index >= 15 is 0 Å². The minimum atomic E-state index is -3.18. The first-order chi connectivity index (χ1) is 12.6. The molecule has 8 heteroatoms. The quantitative estimate of drug-likeness (QED) is 0.479. The van der Waals surface area contributed by atoms with Crippen LogP contribution in [0.5, 0.6) is 5.75 Å². The topological polar surface area (TPSA) is 85.2 Å². The molecule has 1 unspecified atom stereocenters. The molecule has 0 saturated heterocycles. The molecule has 6 nitrogen and oxygen atoms in total. The van der Waals surface area contributed by atoms with E-state index in [9.17, 15) is 9.11 Å². The Bertz CT molecular complexity index is 705. The second-order valence-corrected chi connectivity index (χ2v) is 8.19. The number of halogens is 1. The first-order valence-electron chi connectivity index (χ1n) is 8.84. The summed E-state index contributed by atoms with van der Waals surface area (Å²) >= 11 is 0.